The number of benzene rings is 4. The summed E-state index contributed by atoms with van der Waals surface area (Å²) < 4.78 is 0. The maximum Gasteiger partial charge on any atom is 0.160 e. The van der Waals surface area contributed by atoms with Crippen molar-refractivity contribution in [3.8, 4) is 56.4 Å². The zero-order chi connectivity index (χ0) is 31.0. The van der Waals surface area contributed by atoms with E-state index in [-0.39, 0.29) is 0 Å². The standard InChI is InChI=1S/C41H29N5/c1-26-22-34-20-19-28-18-17-27(2)43-39(28)40(34)46-38(26)33-15-9-13-31(24-33)30-12-8-14-32(23-30)36-25-37(35-16-6-7-21-42-35)45-41(44-36)29-10-4-3-5-11-29/h3-25H,1-2H3. The Hall–Kier alpha value is -6.07. The molecule has 0 saturated heterocycles. The first-order valence-corrected chi connectivity index (χ1v) is 15.3. The summed E-state index contributed by atoms with van der Waals surface area (Å²) in [5, 5.41) is 2.19. The van der Waals surface area contributed by atoms with Crippen LogP contribution in [0, 0.1) is 13.8 Å². The fourth-order valence-electron chi connectivity index (χ4n) is 5.98. The van der Waals surface area contributed by atoms with E-state index in [1.54, 1.807) is 6.20 Å². The monoisotopic (exact) mass is 591 g/mol. The molecule has 4 aromatic carbocycles. The lowest BCUT2D eigenvalue weighted by Crippen LogP contribution is -1.97. The molecule has 218 valence electrons. The third-order valence-electron chi connectivity index (χ3n) is 8.29. The molecule has 0 aliphatic carbocycles. The highest BCUT2D eigenvalue weighted by Gasteiger charge is 2.14. The molecule has 0 unspecified atom stereocenters. The van der Waals surface area contributed by atoms with Crippen molar-refractivity contribution in [2.45, 2.75) is 13.8 Å². The van der Waals surface area contributed by atoms with Crippen molar-refractivity contribution in [3.05, 3.63) is 151 Å². The van der Waals surface area contributed by atoms with Crippen LogP contribution in [0.25, 0.3) is 78.2 Å². The van der Waals surface area contributed by atoms with E-state index in [1.165, 1.54) is 0 Å². The maximum atomic E-state index is 5.21. The molecule has 0 spiro atoms. The number of hydrogen-bond acceptors (Lipinski definition) is 5. The van der Waals surface area contributed by atoms with Gasteiger partial charge in [0.05, 0.1) is 33.8 Å². The molecule has 5 nitrogen and oxygen atoms in total. The van der Waals surface area contributed by atoms with E-state index in [4.69, 9.17) is 19.9 Å². The molecule has 0 atom stereocenters. The second-order valence-electron chi connectivity index (χ2n) is 11.5. The van der Waals surface area contributed by atoms with Gasteiger partial charge in [-0.1, -0.05) is 91.0 Å². The molecule has 0 N–H and O–H groups in total. The quantitative estimate of drug-likeness (QED) is 0.186. The van der Waals surface area contributed by atoms with E-state index in [9.17, 15) is 0 Å². The summed E-state index contributed by atoms with van der Waals surface area (Å²) in [6.45, 7) is 4.15. The van der Waals surface area contributed by atoms with E-state index < -0.39 is 0 Å². The van der Waals surface area contributed by atoms with E-state index in [1.807, 2.05) is 67.6 Å². The second-order valence-corrected chi connectivity index (χ2v) is 11.5. The van der Waals surface area contributed by atoms with Gasteiger partial charge in [0.1, 0.15) is 0 Å². The average Bonchev–Trinajstić information content (AvgIpc) is 3.12. The predicted molar refractivity (Wildman–Crippen MR) is 187 cm³/mol. The largest absolute Gasteiger partial charge is 0.255 e. The van der Waals surface area contributed by atoms with Crippen LogP contribution in [-0.2, 0) is 0 Å². The first-order chi connectivity index (χ1) is 22.6. The molecule has 8 aromatic rings. The van der Waals surface area contributed by atoms with Crippen LogP contribution in [0.4, 0.5) is 0 Å². The molecule has 0 bridgehead atoms. The number of nitrogens with zero attached hydrogens (tertiary/aromatic N) is 5. The number of aromatic nitrogens is 5. The fourth-order valence-corrected chi connectivity index (χ4v) is 5.98. The van der Waals surface area contributed by atoms with E-state index in [0.29, 0.717) is 5.82 Å². The summed E-state index contributed by atoms with van der Waals surface area (Å²) in [6.07, 6.45) is 1.79. The predicted octanol–water partition coefficient (Wildman–Crippen LogP) is 9.92. The molecule has 0 aliphatic rings. The molecule has 0 fully saturated rings. The van der Waals surface area contributed by atoms with Crippen LogP contribution in [0.2, 0.25) is 0 Å². The van der Waals surface area contributed by atoms with Crippen molar-refractivity contribution in [2.75, 3.05) is 0 Å². The van der Waals surface area contributed by atoms with Gasteiger partial charge >= 0.3 is 0 Å². The van der Waals surface area contributed by atoms with Crippen molar-refractivity contribution in [2.24, 2.45) is 0 Å². The lowest BCUT2D eigenvalue weighted by molar-refractivity contribution is 1.16. The zero-order valence-electron chi connectivity index (χ0n) is 25.5. The van der Waals surface area contributed by atoms with Gasteiger partial charge in [-0.15, -0.1) is 0 Å². The van der Waals surface area contributed by atoms with Gasteiger partial charge in [0.25, 0.3) is 0 Å². The maximum absolute atomic E-state index is 5.21. The van der Waals surface area contributed by atoms with Crippen LogP contribution in [0.15, 0.2) is 140 Å². The molecule has 5 heteroatoms. The summed E-state index contributed by atoms with van der Waals surface area (Å²) in [5.74, 6) is 0.668. The zero-order valence-corrected chi connectivity index (χ0v) is 25.5. The van der Waals surface area contributed by atoms with E-state index in [2.05, 4.69) is 84.7 Å². The molecule has 0 amide bonds. The van der Waals surface area contributed by atoms with Crippen LogP contribution in [0.1, 0.15) is 11.3 Å². The van der Waals surface area contributed by atoms with Crippen LogP contribution >= 0.6 is 0 Å². The molecular weight excluding hydrogens is 562 g/mol. The topological polar surface area (TPSA) is 64.5 Å². The Morgan fingerprint density at radius 2 is 1.07 bits per heavy atom. The second kappa shape index (κ2) is 11.5. The highest BCUT2D eigenvalue weighted by atomic mass is 14.9. The Morgan fingerprint density at radius 1 is 0.413 bits per heavy atom. The number of hydrogen-bond donors (Lipinski definition) is 0. The van der Waals surface area contributed by atoms with Gasteiger partial charge in [-0.2, -0.15) is 0 Å². The normalized spacial score (nSPS) is 11.3. The molecular formula is C41H29N5. The number of pyridine rings is 3. The minimum Gasteiger partial charge on any atom is -0.255 e. The summed E-state index contributed by atoms with van der Waals surface area (Å²) >= 11 is 0. The fraction of sp³-hybridized carbons (Fsp3) is 0.0488. The minimum atomic E-state index is 0.668. The SMILES string of the molecule is Cc1ccc2ccc3cc(C)c(-c4cccc(-c5cccc(-c6cc(-c7ccccn7)nc(-c7ccccc7)n6)c5)c4)nc3c2n1. The Bertz CT molecular complexity index is 2330. The minimum absolute atomic E-state index is 0.668. The molecule has 0 aliphatic heterocycles. The van der Waals surface area contributed by atoms with Crippen molar-refractivity contribution < 1.29 is 0 Å². The summed E-state index contributed by atoms with van der Waals surface area (Å²) in [6, 6.07) is 45.7. The van der Waals surface area contributed by atoms with Crippen molar-refractivity contribution >= 4 is 21.8 Å². The van der Waals surface area contributed by atoms with Gasteiger partial charge in [-0.3, -0.25) is 9.97 Å². The Labute approximate surface area is 267 Å². The highest BCUT2D eigenvalue weighted by molar-refractivity contribution is 6.04. The third kappa shape index (κ3) is 5.18. The first kappa shape index (κ1) is 27.5. The smallest absolute Gasteiger partial charge is 0.160 e. The number of rotatable bonds is 5. The highest BCUT2D eigenvalue weighted by Crippen LogP contribution is 2.33. The lowest BCUT2D eigenvalue weighted by atomic mass is 9.97. The van der Waals surface area contributed by atoms with Gasteiger partial charge in [-0.05, 0) is 73.0 Å². The molecule has 4 heterocycles. The molecule has 0 saturated carbocycles. The Morgan fingerprint density at radius 3 is 1.87 bits per heavy atom. The molecule has 4 aromatic heterocycles. The first-order valence-electron chi connectivity index (χ1n) is 15.3. The molecule has 8 rings (SSSR count). The van der Waals surface area contributed by atoms with E-state index in [0.717, 1.165) is 83.7 Å². The van der Waals surface area contributed by atoms with Gasteiger partial charge in [0.15, 0.2) is 5.82 Å². The van der Waals surface area contributed by atoms with E-state index >= 15 is 0 Å². The van der Waals surface area contributed by atoms with Crippen LogP contribution in [0.5, 0.6) is 0 Å². The van der Waals surface area contributed by atoms with Crippen molar-refractivity contribution in [1.29, 1.82) is 0 Å². The number of fused-ring (bicyclic) bond motifs is 3. The Balaban J connectivity index is 1.22. The van der Waals surface area contributed by atoms with Gasteiger partial charge in [-0.25, -0.2) is 15.0 Å². The molecule has 0 radical (unpaired) electrons. The lowest BCUT2D eigenvalue weighted by Gasteiger charge is -2.12. The van der Waals surface area contributed by atoms with Gasteiger partial charge < -0.3 is 0 Å². The van der Waals surface area contributed by atoms with Crippen molar-refractivity contribution in [3.63, 3.8) is 0 Å². The van der Waals surface area contributed by atoms with Crippen molar-refractivity contribution in [1.82, 2.24) is 24.9 Å². The Kier molecular flexibility index (Phi) is 6.84. The average molecular weight is 592 g/mol. The van der Waals surface area contributed by atoms with Crippen LogP contribution in [-0.4, -0.2) is 24.9 Å². The molecule has 46 heavy (non-hydrogen) atoms. The third-order valence-corrected chi connectivity index (χ3v) is 8.29. The number of aryl methyl sites for hydroxylation is 2. The van der Waals surface area contributed by atoms with Gasteiger partial charge in [0, 0.05) is 39.4 Å². The van der Waals surface area contributed by atoms with Crippen LogP contribution < -0.4 is 0 Å². The summed E-state index contributed by atoms with van der Waals surface area (Å²) in [5.41, 5.74) is 12.6. The summed E-state index contributed by atoms with van der Waals surface area (Å²) in [7, 11) is 0. The van der Waals surface area contributed by atoms with Gasteiger partial charge in [0.2, 0.25) is 0 Å². The van der Waals surface area contributed by atoms with Crippen LogP contribution in [0.3, 0.4) is 0 Å². The summed E-state index contributed by atoms with van der Waals surface area (Å²) in [4.78, 5) is 24.5.